The minimum absolute atomic E-state index is 0.191. The van der Waals surface area contributed by atoms with Crippen LogP contribution in [0.2, 0.25) is 5.28 Å². The summed E-state index contributed by atoms with van der Waals surface area (Å²) in [7, 11) is 0. The third kappa shape index (κ3) is 4.99. The van der Waals surface area contributed by atoms with Crippen LogP contribution in [0.5, 0.6) is 6.01 Å². The zero-order valence-corrected chi connectivity index (χ0v) is 11.1. The van der Waals surface area contributed by atoms with Crippen LogP contribution in [-0.2, 0) is 0 Å². The molecular formula is C10H16ClN3OS. The van der Waals surface area contributed by atoms with Crippen LogP contribution in [0.3, 0.4) is 0 Å². The van der Waals surface area contributed by atoms with Gasteiger partial charge in [0.05, 0.1) is 6.61 Å². The van der Waals surface area contributed by atoms with Crippen LogP contribution in [0, 0.1) is 0 Å². The molecule has 16 heavy (non-hydrogen) atoms. The second-order valence-corrected chi connectivity index (χ2v) is 4.56. The zero-order valence-electron chi connectivity index (χ0n) is 9.57. The lowest BCUT2D eigenvalue weighted by atomic mass is 10.3. The van der Waals surface area contributed by atoms with E-state index in [2.05, 4.69) is 21.9 Å². The molecule has 0 unspecified atom stereocenters. The number of ether oxygens (including phenoxy) is 1. The molecule has 0 saturated carbocycles. The van der Waals surface area contributed by atoms with Gasteiger partial charge in [0.1, 0.15) is 0 Å². The normalized spacial score (nSPS) is 10.4. The van der Waals surface area contributed by atoms with Crippen LogP contribution in [0.15, 0.2) is 5.16 Å². The predicted octanol–water partition coefficient (Wildman–Crippen LogP) is 3.21. The van der Waals surface area contributed by atoms with Gasteiger partial charge >= 0.3 is 6.01 Å². The average Bonchev–Trinajstić information content (AvgIpc) is 2.24. The highest BCUT2D eigenvalue weighted by Crippen LogP contribution is 2.19. The first kappa shape index (κ1) is 13.5. The van der Waals surface area contributed by atoms with Gasteiger partial charge in [0.2, 0.25) is 5.28 Å². The van der Waals surface area contributed by atoms with Crippen molar-refractivity contribution in [3.8, 4) is 6.01 Å². The average molecular weight is 262 g/mol. The molecular weight excluding hydrogens is 246 g/mol. The molecule has 4 nitrogen and oxygen atoms in total. The molecule has 0 aromatic carbocycles. The minimum atomic E-state index is 0.191. The molecule has 6 heteroatoms. The molecule has 1 aromatic heterocycles. The fraction of sp³-hybridized carbons (Fsp3) is 0.700. The van der Waals surface area contributed by atoms with Crippen molar-refractivity contribution in [2.75, 3.05) is 12.4 Å². The summed E-state index contributed by atoms with van der Waals surface area (Å²) in [6.45, 7) is 4.59. The second-order valence-electron chi connectivity index (χ2n) is 3.16. The van der Waals surface area contributed by atoms with Crippen molar-refractivity contribution in [1.82, 2.24) is 15.0 Å². The van der Waals surface area contributed by atoms with Gasteiger partial charge in [0.25, 0.3) is 0 Å². The number of halogens is 1. The number of aromatic nitrogens is 3. The summed E-state index contributed by atoms with van der Waals surface area (Å²) in [6.07, 6.45) is 3.60. The number of hydrogen-bond donors (Lipinski definition) is 0. The Balaban J connectivity index is 2.51. The summed E-state index contributed by atoms with van der Waals surface area (Å²) < 4.78 is 5.19. The molecule has 1 aromatic rings. The van der Waals surface area contributed by atoms with Crippen LogP contribution in [0.1, 0.15) is 33.1 Å². The maximum Gasteiger partial charge on any atom is 0.321 e. The van der Waals surface area contributed by atoms with Crippen LogP contribution >= 0.6 is 23.4 Å². The van der Waals surface area contributed by atoms with E-state index in [1.54, 1.807) is 11.8 Å². The van der Waals surface area contributed by atoms with Gasteiger partial charge in [0.15, 0.2) is 5.16 Å². The Morgan fingerprint density at radius 2 is 2.00 bits per heavy atom. The van der Waals surface area contributed by atoms with Gasteiger partial charge < -0.3 is 4.74 Å². The summed E-state index contributed by atoms with van der Waals surface area (Å²) in [5.41, 5.74) is 0. The molecule has 0 bridgehead atoms. The van der Waals surface area contributed by atoms with E-state index in [1.165, 1.54) is 12.8 Å². The first-order valence-electron chi connectivity index (χ1n) is 5.43. The lowest BCUT2D eigenvalue weighted by Crippen LogP contribution is -2.00. The Morgan fingerprint density at radius 1 is 1.19 bits per heavy atom. The summed E-state index contributed by atoms with van der Waals surface area (Å²) in [4.78, 5) is 12.1. The smallest absolute Gasteiger partial charge is 0.321 e. The standard InChI is InChI=1S/C10H16ClN3OS/c1-3-5-6-7-16-10-13-8(11)12-9(14-10)15-4-2/h3-7H2,1-2H3. The molecule has 0 saturated heterocycles. The summed E-state index contributed by atoms with van der Waals surface area (Å²) >= 11 is 7.36. The Kier molecular flexibility index (Phi) is 6.49. The van der Waals surface area contributed by atoms with Crippen molar-refractivity contribution in [3.05, 3.63) is 5.28 Å². The maximum atomic E-state index is 5.77. The van der Waals surface area contributed by atoms with E-state index in [1.807, 2.05) is 6.92 Å². The number of unbranched alkanes of at least 4 members (excludes halogenated alkanes) is 2. The monoisotopic (exact) mass is 261 g/mol. The number of nitrogens with zero attached hydrogens (tertiary/aromatic N) is 3. The predicted molar refractivity (Wildman–Crippen MR) is 66.3 cm³/mol. The van der Waals surface area contributed by atoms with Crippen LogP contribution in [0.4, 0.5) is 0 Å². The van der Waals surface area contributed by atoms with Crippen LogP contribution in [-0.4, -0.2) is 27.3 Å². The summed E-state index contributed by atoms with van der Waals surface area (Å²) in [5, 5.41) is 0.830. The first-order chi connectivity index (χ1) is 7.76. The van der Waals surface area contributed by atoms with Gasteiger partial charge in [-0.1, -0.05) is 31.5 Å². The van der Waals surface area contributed by atoms with Crippen LogP contribution < -0.4 is 4.74 Å². The topological polar surface area (TPSA) is 47.9 Å². The summed E-state index contributed by atoms with van der Waals surface area (Å²) in [6, 6.07) is 0.306. The molecule has 0 N–H and O–H groups in total. The quantitative estimate of drug-likeness (QED) is 0.557. The van der Waals surface area contributed by atoms with Gasteiger partial charge in [-0.2, -0.15) is 15.0 Å². The van der Waals surface area contributed by atoms with Gasteiger partial charge in [0, 0.05) is 5.75 Å². The van der Waals surface area contributed by atoms with Gasteiger partial charge in [-0.25, -0.2) is 0 Å². The summed E-state index contributed by atoms with van der Waals surface area (Å²) in [5.74, 6) is 1.000. The van der Waals surface area contributed by atoms with Crippen LogP contribution in [0.25, 0.3) is 0 Å². The van der Waals surface area contributed by atoms with E-state index >= 15 is 0 Å². The van der Waals surface area contributed by atoms with E-state index < -0.39 is 0 Å². The van der Waals surface area contributed by atoms with E-state index in [9.17, 15) is 0 Å². The lowest BCUT2D eigenvalue weighted by molar-refractivity contribution is 0.307. The van der Waals surface area contributed by atoms with Crippen molar-refractivity contribution in [1.29, 1.82) is 0 Å². The highest BCUT2D eigenvalue weighted by atomic mass is 35.5. The lowest BCUT2D eigenvalue weighted by Gasteiger charge is -2.03. The van der Waals surface area contributed by atoms with Crippen molar-refractivity contribution in [2.24, 2.45) is 0 Å². The van der Waals surface area contributed by atoms with Gasteiger partial charge in [-0.05, 0) is 24.9 Å². The zero-order chi connectivity index (χ0) is 11.8. The van der Waals surface area contributed by atoms with Crippen molar-refractivity contribution < 1.29 is 4.74 Å². The van der Waals surface area contributed by atoms with Gasteiger partial charge in [-0.15, -0.1) is 0 Å². The first-order valence-corrected chi connectivity index (χ1v) is 6.79. The fourth-order valence-electron chi connectivity index (χ4n) is 1.09. The van der Waals surface area contributed by atoms with Gasteiger partial charge in [-0.3, -0.25) is 0 Å². The minimum Gasteiger partial charge on any atom is -0.464 e. The Labute approximate surface area is 105 Å². The molecule has 0 spiro atoms. The van der Waals surface area contributed by atoms with Crippen molar-refractivity contribution >= 4 is 23.4 Å². The fourth-order valence-corrected chi connectivity index (χ4v) is 2.12. The molecule has 1 rings (SSSR count). The molecule has 0 fully saturated rings. The molecule has 0 atom stereocenters. The van der Waals surface area contributed by atoms with E-state index in [4.69, 9.17) is 16.3 Å². The second kappa shape index (κ2) is 7.68. The molecule has 0 radical (unpaired) electrons. The Bertz CT molecular complexity index is 325. The molecule has 90 valence electrons. The van der Waals surface area contributed by atoms with E-state index in [0.717, 1.165) is 12.2 Å². The Morgan fingerprint density at radius 3 is 2.69 bits per heavy atom. The number of thioether (sulfide) groups is 1. The molecule has 0 aliphatic rings. The molecule has 0 aliphatic heterocycles. The molecule has 1 heterocycles. The largest absolute Gasteiger partial charge is 0.464 e. The van der Waals surface area contributed by atoms with E-state index in [-0.39, 0.29) is 5.28 Å². The third-order valence-electron chi connectivity index (χ3n) is 1.82. The highest BCUT2D eigenvalue weighted by Gasteiger charge is 2.05. The maximum absolute atomic E-state index is 5.77. The van der Waals surface area contributed by atoms with E-state index in [0.29, 0.717) is 17.8 Å². The molecule has 0 amide bonds. The third-order valence-corrected chi connectivity index (χ3v) is 2.92. The SMILES string of the molecule is CCCCCSc1nc(Cl)nc(OCC)n1. The molecule has 0 aliphatic carbocycles. The van der Waals surface area contributed by atoms with Crippen molar-refractivity contribution in [3.63, 3.8) is 0 Å². The Hall–Kier alpha value is -0.550. The number of hydrogen-bond acceptors (Lipinski definition) is 5. The highest BCUT2D eigenvalue weighted by molar-refractivity contribution is 7.99. The van der Waals surface area contributed by atoms with Crippen molar-refractivity contribution in [2.45, 2.75) is 38.3 Å². The number of rotatable bonds is 7.